The number of carbonyl (C=O) groups excluding carboxylic acids is 4. The quantitative estimate of drug-likeness (QED) is 0.442. The average molecular weight is 327 g/mol. The van der Waals surface area contributed by atoms with Gasteiger partial charge in [0.2, 0.25) is 11.8 Å². The van der Waals surface area contributed by atoms with E-state index in [1.54, 1.807) is 27.9 Å². The van der Waals surface area contributed by atoms with Gasteiger partial charge in [-0.1, -0.05) is 0 Å². The van der Waals surface area contributed by atoms with E-state index in [0.29, 0.717) is 6.21 Å². The number of nitrogens with zero attached hydrogens (tertiary/aromatic N) is 1. The lowest BCUT2D eigenvalue weighted by Gasteiger charge is -2.19. The molecule has 0 aromatic carbocycles. The summed E-state index contributed by atoms with van der Waals surface area (Å²) in [5, 5.41) is 9.33. The molecule has 8 heteroatoms. The van der Waals surface area contributed by atoms with E-state index in [2.05, 4.69) is 5.32 Å². The standard InChI is InChI=1S/C15H25N3O5/c1-10(2)23-15(22)12(6-5-11(19)9-16)17-13(20)7-8-14(21)18(3)4/h9-10,12,16H,5-8H2,1-4H3,(H,17,20)/t12-/m0/s1. The number of ether oxygens (including phenoxy) is 1. The minimum atomic E-state index is -0.969. The number of rotatable bonds is 10. The van der Waals surface area contributed by atoms with Crippen molar-refractivity contribution >= 4 is 29.8 Å². The van der Waals surface area contributed by atoms with Crippen LogP contribution in [0, 0.1) is 5.41 Å². The Balaban J connectivity index is 4.62. The van der Waals surface area contributed by atoms with Gasteiger partial charge in [-0.2, -0.15) is 0 Å². The Morgan fingerprint density at radius 3 is 2.22 bits per heavy atom. The summed E-state index contributed by atoms with van der Waals surface area (Å²) < 4.78 is 5.05. The molecule has 0 aliphatic rings. The first-order valence-corrected chi connectivity index (χ1v) is 7.40. The van der Waals surface area contributed by atoms with E-state index in [9.17, 15) is 19.2 Å². The molecule has 0 aromatic rings. The summed E-state index contributed by atoms with van der Waals surface area (Å²) in [7, 11) is 3.18. The number of Topliss-reactive ketones (excluding diaryl/α,β-unsaturated/α-hetero) is 1. The minimum Gasteiger partial charge on any atom is -0.461 e. The smallest absolute Gasteiger partial charge is 0.328 e. The summed E-state index contributed by atoms with van der Waals surface area (Å²) in [6.07, 6.45) is 0.301. The van der Waals surface area contributed by atoms with Crippen molar-refractivity contribution in [3.63, 3.8) is 0 Å². The van der Waals surface area contributed by atoms with Crippen LogP contribution in [0.4, 0.5) is 0 Å². The normalized spacial score (nSPS) is 11.5. The van der Waals surface area contributed by atoms with E-state index in [4.69, 9.17) is 10.1 Å². The monoisotopic (exact) mass is 327 g/mol. The fourth-order valence-corrected chi connectivity index (χ4v) is 1.63. The number of amides is 2. The molecule has 0 saturated carbocycles. The van der Waals surface area contributed by atoms with E-state index in [0.717, 1.165) is 0 Å². The zero-order valence-corrected chi connectivity index (χ0v) is 14.0. The summed E-state index contributed by atoms with van der Waals surface area (Å²) >= 11 is 0. The molecule has 0 unspecified atom stereocenters. The highest BCUT2D eigenvalue weighted by molar-refractivity contribution is 6.26. The van der Waals surface area contributed by atoms with Crippen LogP contribution in [-0.4, -0.2) is 60.9 Å². The van der Waals surface area contributed by atoms with Crippen molar-refractivity contribution in [1.29, 1.82) is 5.41 Å². The maximum atomic E-state index is 12.0. The predicted molar refractivity (Wildman–Crippen MR) is 84.1 cm³/mol. The molecule has 0 fully saturated rings. The van der Waals surface area contributed by atoms with Crippen molar-refractivity contribution < 1.29 is 23.9 Å². The molecule has 0 radical (unpaired) electrons. The second kappa shape index (κ2) is 10.5. The highest BCUT2D eigenvalue weighted by atomic mass is 16.5. The Kier molecular flexibility index (Phi) is 9.45. The number of hydrogen-bond donors (Lipinski definition) is 2. The highest BCUT2D eigenvalue weighted by Crippen LogP contribution is 2.04. The van der Waals surface area contributed by atoms with Crippen LogP contribution < -0.4 is 5.32 Å². The van der Waals surface area contributed by atoms with E-state index in [1.165, 1.54) is 4.90 Å². The second-order valence-electron chi connectivity index (χ2n) is 5.54. The maximum absolute atomic E-state index is 12.0. The van der Waals surface area contributed by atoms with Gasteiger partial charge in [-0.3, -0.25) is 14.4 Å². The van der Waals surface area contributed by atoms with Crippen LogP contribution in [0.3, 0.4) is 0 Å². The first-order chi connectivity index (χ1) is 10.7. The number of carbonyl (C=O) groups is 4. The zero-order chi connectivity index (χ0) is 18.0. The van der Waals surface area contributed by atoms with Crippen LogP contribution in [0.15, 0.2) is 0 Å². The number of nitrogens with one attached hydrogen (secondary N) is 2. The van der Waals surface area contributed by atoms with Gasteiger partial charge < -0.3 is 20.4 Å². The molecule has 2 N–H and O–H groups in total. The number of esters is 1. The van der Waals surface area contributed by atoms with Crippen molar-refractivity contribution in [2.24, 2.45) is 0 Å². The Hall–Kier alpha value is -2.25. The molecule has 0 bridgehead atoms. The fraction of sp³-hybridized carbons (Fsp3) is 0.667. The van der Waals surface area contributed by atoms with Gasteiger partial charge >= 0.3 is 5.97 Å². The highest BCUT2D eigenvalue weighted by Gasteiger charge is 2.24. The largest absolute Gasteiger partial charge is 0.461 e. The van der Waals surface area contributed by atoms with Gasteiger partial charge in [-0.05, 0) is 20.3 Å². The lowest BCUT2D eigenvalue weighted by molar-refractivity contribution is -0.151. The van der Waals surface area contributed by atoms with Gasteiger partial charge in [0, 0.05) is 33.4 Å². The summed E-state index contributed by atoms with van der Waals surface area (Å²) in [5.41, 5.74) is 0. The molecule has 0 saturated heterocycles. The van der Waals surface area contributed by atoms with E-state index in [1.807, 2.05) is 0 Å². The van der Waals surface area contributed by atoms with Crippen LogP contribution in [-0.2, 0) is 23.9 Å². The van der Waals surface area contributed by atoms with Gasteiger partial charge in [-0.15, -0.1) is 0 Å². The molecule has 0 aliphatic carbocycles. The van der Waals surface area contributed by atoms with Crippen molar-refractivity contribution in [2.45, 2.75) is 51.7 Å². The third kappa shape index (κ3) is 9.38. The minimum absolute atomic E-state index is 0.0320. The van der Waals surface area contributed by atoms with E-state index >= 15 is 0 Å². The van der Waals surface area contributed by atoms with Crippen molar-refractivity contribution in [3.05, 3.63) is 0 Å². The lowest BCUT2D eigenvalue weighted by Crippen LogP contribution is -2.43. The summed E-state index contributed by atoms with van der Waals surface area (Å²) in [6.45, 7) is 3.35. The van der Waals surface area contributed by atoms with E-state index < -0.39 is 23.7 Å². The Labute approximate surface area is 136 Å². The van der Waals surface area contributed by atoms with Crippen LogP contribution in [0.1, 0.15) is 39.5 Å². The van der Waals surface area contributed by atoms with Gasteiger partial charge in [0.1, 0.15) is 6.04 Å². The first-order valence-electron chi connectivity index (χ1n) is 7.40. The number of ketones is 1. The SMILES string of the molecule is CC(C)OC(=O)[C@H](CCC(=O)C=N)NC(=O)CCC(=O)N(C)C. The van der Waals surface area contributed by atoms with Crippen LogP contribution in [0.25, 0.3) is 0 Å². The van der Waals surface area contributed by atoms with E-state index in [-0.39, 0.29) is 37.7 Å². The van der Waals surface area contributed by atoms with Crippen LogP contribution >= 0.6 is 0 Å². The average Bonchev–Trinajstić information content (AvgIpc) is 2.47. The Morgan fingerprint density at radius 2 is 1.74 bits per heavy atom. The summed E-state index contributed by atoms with van der Waals surface area (Å²) in [5.74, 6) is -1.73. The fourth-order valence-electron chi connectivity index (χ4n) is 1.63. The molecular weight excluding hydrogens is 302 g/mol. The molecule has 130 valence electrons. The van der Waals surface area contributed by atoms with Gasteiger partial charge in [0.15, 0.2) is 5.78 Å². The summed E-state index contributed by atoms with van der Waals surface area (Å²) in [4.78, 5) is 47.8. The van der Waals surface area contributed by atoms with Crippen LogP contribution in [0.2, 0.25) is 0 Å². The predicted octanol–water partition coefficient (Wildman–Crippen LogP) is 0.290. The molecule has 8 nitrogen and oxygen atoms in total. The molecule has 0 aliphatic heterocycles. The topological polar surface area (TPSA) is 117 Å². The molecule has 0 rings (SSSR count). The lowest BCUT2D eigenvalue weighted by atomic mass is 10.1. The van der Waals surface area contributed by atoms with Crippen molar-refractivity contribution in [1.82, 2.24) is 10.2 Å². The van der Waals surface area contributed by atoms with Crippen LogP contribution in [0.5, 0.6) is 0 Å². The Bertz CT molecular complexity index is 460. The number of hydrogen-bond acceptors (Lipinski definition) is 6. The van der Waals surface area contributed by atoms with Crippen molar-refractivity contribution in [2.75, 3.05) is 14.1 Å². The molecule has 23 heavy (non-hydrogen) atoms. The Morgan fingerprint density at radius 1 is 1.13 bits per heavy atom. The molecular formula is C15H25N3O5. The third-order valence-electron chi connectivity index (χ3n) is 2.88. The zero-order valence-electron chi connectivity index (χ0n) is 14.0. The maximum Gasteiger partial charge on any atom is 0.328 e. The first kappa shape index (κ1) is 20.8. The molecule has 0 aromatic heterocycles. The summed E-state index contributed by atoms with van der Waals surface area (Å²) in [6, 6.07) is -0.969. The van der Waals surface area contributed by atoms with Crippen molar-refractivity contribution in [3.8, 4) is 0 Å². The molecule has 2 amide bonds. The molecule has 0 spiro atoms. The third-order valence-corrected chi connectivity index (χ3v) is 2.88. The second-order valence-corrected chi connectivity index (χ2v) is 5.54. The molecule has 1 atom stereocenters. The van der Waals surface area contributed by atoms with Gasteiger partial charge in [0.25, 0.3) is 0 Å². The van der Waals surface area contributed by atoms with Gasteiger partial charge in [0.05, 0.1) is 12.3 Å². The molecule has 0 heterocycles. The van der Waals surface area contributed by atoms with Gasteiger partial charge in [-0.25, -0.2) is 4.79 Å².